The van der Waals surface area contributed by atoms with Crippen LogP contribution < -0.4 is 9.47 Å². The van der Waals surface area contributed by atoms with E-state index in [0.29, 0.717) is 22.9 Å². The van der Waals surface area contributed by atoms with E-state index in [9.17, 15) is 4.79 Å². The van der Waals surface area contributed by atoms with E-state index in [1.165, 1.54) is 12.1 Å². The molecule has 106 valence electrons. The highest BCUT2D eigenvalue weighted by Gasteiger charge is 2.18. The fourth-order valence-electron chi connectivity index (χ4n) is 2.20. The number of carbonyl (C=O) groups is 1. The number of aliphatic imine (C=N–C) groups is 1. The first-order chi connectivity index (χ1) is 10.1. The third-order valence-electron chi connectivity index (χ3n) is 3.29. The Balaban J connectivity index is 2.15. The lowest BCUT2D eigenvalue weighted by atomic mass is 10.1. The molecule has 2 aromatic carbocycles. The van der Waals surface area contributed by atoms with E-state index < -0.39 is 5.97 Å². The standard InChI is InChI=1S/C16H13NO4/c1-9-12-5-4-11(20-2)8-15(12)21-14-6-3-10(16(18)19)7-13(14)17-9/h3-8H,1-2H3,(H,18,19). The predicted molar refractivity (Wildman–Crippen MR) is 78.3 cm³/mol. The molecule has 0 amide bonds. The zero-order chi connectivity index (χ0) is 15.0. The number of fused-ring (bicyclic) bond motifs is 2. The Hall–Kier alpha value is -2.82. The van der Waals surface area contributed by atoms with E-state index in [4.69, 9.17) is 14.6 Å². The smallest absolute Gasteiger partial charge is 0.335 e. The van der Waals surface area contributed by atoms with Crippen molar-refractivity contribution < 1.29 is 19.4 Å². The maximum absolute atomic E-state index is 11.1. The van der Waals surface area contributed by atoms with Crippen molar-refractivity contribution in [2.45, 2.75) is 6.92 Å². The van der Waals surface area contributed by atoms with E-state index in [1.54, 1.807) is 19.2 Å². The van der Waals surface area contributed by atoms with Crippen molar-refractivity contribution in [2.75, 3.05) is 7.11 Å². The summed E-state index contributed by atoms with van der Waals surface area (Å²) in [5.41, 5.74) is 2.29. The number of aromatic carboxylic acids is 1. The molecule has 0 bridgehead atoms. The lowest BCUT2D eigenvalue weighted by Crippen LogP contribution is -1.96. The van der Waals surface area contributed by atoms with E-state index >= 15 is 0 Å². The van der Waals surface area contributed by atoms with Crippen molar-refractivity contribution in [1.29, 1.82) is 0 Å². The fourth-order valence-corrected chi connectivity index (χ4v) is 2.20. The van der Waals surface area contributed by atoms with E-state index in [1.807, 2.05) is 19.1 Å². The molecule has 21 heavy (non-hydrogen) atoms. The Labute approximate surface area is 121 Å². The van der Waals surface area contributed by atoms with Gasteiger partial charge >= 0.3 is 5.97 Å². The first-order valence-corrected chi connectivity index (χ1v) is 6.37. The van der Waals surface area contributed by atoms with Crippen molar-refractivity contribution in [1.82, 2.24) is 0 Å². The minimum Gasteiger partial charge on any atom is -0.497 e. The molecule has 5 nitrogen and oxygen atoms in total. The molecule has 1 aliphatic rings. The molecule has 0 spiro atoms. The zero-order valence-corrected chi connectivity index (χ0v) is 11.6. The molecule has 0 atom stereocenters. The van der Waals surface area contributed by atoms with Crippen LogP contribution in [0.15, 0.2) is 41.4 Å². The van der Waals surface area contributed by atoms with Crippen molar-refractivity contribution in [3.63, 3.8) is 0 Å². The summed E-state index contributed by atoms with van der Waals surface area (Å²) in [5.74, 6) is 0.852. The number of hydrogen-bond donors (Lipinski definition) is 1. The molecular weight excluding hydrogens is 270 g/mol. The van der Waals surface area contributed by atoms with Gasteiger partial charge < -0.3 is 14.6 Å². The molecule has 2 aromatic rings. The van der Waals surface area contributed by atoms with Crippen LogP contribution in [0.1, 0.15) is 22.8 Å². The van der Waals surface area contributed by atoms with Crippen molar-refractivity contribution in [3.8, 4) is 17.2 Å². The monoisotopic (exact) mass is 283 g/mol. The third-order valence-corrected chi connectivity index (χ3v) is 3.29. The van der Waals surface area contributed by atoms with Gasteiger partial charge in [-0.25, -0.2) is 9.79 Å². The molecule has 1 aliphatic heterocycles. The van der Waals surface area contributed by atoms with Gasteiger partial charge in [-0.3, -0.25) is 0 Å². The van der Waals surface area contributed by atoms with Crippen LogP contribution in [0.5, 0.6) is 17.2 Å². The van der Waals surface area contributed by atoms with Gasteiger partial charge in [0.2, 0.25) is 0 Å². The number of methoxy groups -OCH3 is 1. The molecule has 0 aliphatic carbocycles. The third kappa shape index (κ3) is 2.33. The lowest BCUT2D eigenvalue weighted by Gasteiger charge is -2.10. The highest BCUT2D eigenvalue weighted by Crippen LogP contribution is 2.39. The van der Waals surface area contributed by atoms with Gasteiger partial charge in [0.15, 0.2) is 5.75 Å². The van der Waals surface area contributed by atoms with Gasteiger partial charge in [-0.2, -0.15) is 0 Å². The van der Waals surface area contributed by atoms with Crippen LogP contribution in [-0.4, -0.2) is 23.9 Å². The molecule has 0 radical (unpaired) electrons. The summed E-state index contributed by atoms with van der Waals surface area (Å²) in [7, 11) is 1.59. The van der Waals surface area contributed by atoms with Gasteiger partial charge in [-0.1, -0.05) is 0 Å². The normalized spacial score (nSPS) is 12.4. The molecule has 0 saturated carbocycles. The first kappa shape index (κ1) is 13.2. The number of nitrogens with zero attached hydrogens (tertiary/aromatic N) is 1. The SMILES string of the molecule is COc1ccc2c(c1)Oc1ccc(C(=O)O)cc1N=C2C. The minimum atomic E-state index is -0.992. The summed E-state index contributed by atoms with van der Waals surface area (Å²) >= 11 is 0. The maximum atomic E-state index is 11.1. The summed E-state index contributed by atoms with van der Waals surface area (Å²) in [6, 6.07) is 10.1. The average molecular weight is 283 g/mol. The van der Waals surface area contributed by atoms with Crippen molar-refractivity contribution in [3.05, 3.63) is 47.5 Å². The summed E-state index contributed by atoms with van der Waals surface area (Å²) < 4.78 is 11.1. The second-order valence-electron chi connectivity index (χ2n) is 4.65. The highest BCUT2D eigenvalue weighted by molar-refractivity contribution is 6.04. The molecular formula is C16H13NO4. The second kappa shape index (κ2) is 4.94. The summed E-state index contributed by atoms with van der Waals surface area (Å²) in [6.45, 7) is 1.86. The van der Waals surface area contributed by atoms with Crippen LogP contribution in [0, 0.1) is 0 Å². The van der Waals surface area contributed by atoms with Crippen LogP contribution in [0.3, 0.4) is 0 Å². The molecule has 0 aromatic heterocycles. The van der Waals surface area contributed by atoms with Gasteiger partial charge in [0.1, 0.15) is 17.2 Å². The Morgan fingerprint density at radius 2 is 2.00 bits per heavy atom. The van der Waals surface area contributed by atoms with Crippen molar-refractivity contribution >= 4 is 17.4 Å². The number of rotatable bonds is 2. The zero-order valence-electron chi connectivity index (χ0n) is 11.6. The topological polar surface area (TPSA) is 68.1 Å². The number of carboxylic acids is 1. The van der Waals surface area contributed by atoms with E-state index in [-0.39, 0.29) is 5.56 Å². The first-order valence-electron chi connectivity index (χ1n) is 6.37. The average Bonchev–Trinajstić information content (AvgIpc) is 2.61. The molecule has 5 heteroatoms. The number of benzene rings is 2. The second-order valence-corrected chi connectivity index (χ2v) is 4.65. The maximum Gasteiger partial charge on any atom is 0.335 e. The minimum absolute atomic E-state index is 0.178. The van der Waals surface area contributed by atoms with Crippen molar-refractivity contribution in [2.24, 2.45) is 4.99 Å². The number of carboxylic acid groups (broad SMARTS) is 1. The van der Waals surface area contributed by atoms with Crippen LogP contribution in [0.4, 0.5) is 5.69 Å². The Morgan fingerprint density at radius 1 is 1.19 bits per heavy atom. The van der Waals surface area contributed by atoms with E-state index in [0.717, 1.165) is 11.3 Å². The van der Waals surface area contributed by atoms with Crippen LogP contribution in [0.2, 0.25) is 0 Å². The Bertz CT molecular complexity index is 765. The quantitative estimate of drug-likeness (QED) is 0.913. The highest BCUT2D eigenvalue weighted by atomic mass is 16.5. The van der Waals surface area contributed by atoms with Crippen LogP contribution in [0.25, 0.3) is 0 Å². The summed E-state index contributed by atoms with van der Waals surface area (Å²) in [6.07, 6.45) is 0. The Kier molecular flexibility index (Phi) is 3.10. The largest absolute Gasteiger partial charge is 0.497 e. The van der Waals surface area contributed by atoms with Gasteiger partial charge in [0, 0.05) is 17.3 Å². The van der Waals surface area contributed by atoms with Gasteiger partial charge in [-0.05, 0) is 37.3 Å². The van der Waals surface area contributed by atoms with Gasteiger partial charge in [-0.15, -0.1) is 0 Å². The molecule has 1 N–H and O–H groups in total. The molecule has 0 fully saturated rings. The van der Waals surface area contributed by atoms with Crippen LogP contribution in [-0.2, 0) is 0 Å². The summed E-state index contributed by atoms with van der Waals surface area (Å²) in [5, 5.41) is 9.06. The molecule has 1 heterocycles. The Morgan fingerprint density at radius 3 is 2.71 bits per heavy atom. The van der Waals surface area contributed by atoms with Gasteiger partial charge in [0.25, 0.3) is 0 Å². The molecule has 0 saturated heterocycles. The number of ether oxygens (including phenoxy) is 2. The van der Waals surface area contributed by atoms with E-state index in [2.05, 4.69) is 4.99 Å². The summed E-state index contributed by atoms with van der Waals surface area (Å²) in [4.78, 5) is 15.5. The fraction of sp³-hybridized carbons (Fsp3) is 0.125. The molecule has 3 rings (SSSR count). The predicted octanol–water partition coefficient (Wildman–Crippen LogP) is 3.64. The number of hydrogen-bond acceptors (Lipinski definition) is 4. The molecule has 0 unspecified atom stereocenters. The van der Waals surface area contributed by atoms with Gasteiger partial charge in [0.05, 0.1) is 12.7 Å². The van der Waals surface area contributed by atoms with Crippen LogP contribution >= 0.6 is 0 Å². The lowest BCUT2D eigenvalue weighted by molar-refractivity contribution is 0.0697.